The van der Waals surface area contributed by atoms with Crippen LogP contribution in [0, 0.1) is 6.92 Å². The van der Waals surface area contributed by atoms with Crippen molar-refractivity contribution in [1.29, 1.82) is 0 Å². The normalized spacial score (nSPS) is 18.3. The van der Waals surface area contributed by atoms with Crippen LogP contribution in [0.5, 0.6) is 11.5 Å². The second-order valence-corrected chi connectivity index (χ2v) is 8.12. The summed E-state index contributed by atoms with van der Waals surface area (Å²) in [5.41, 5.74) is 12.4. The van der Waals surface area contributed by atoms with Crippen molar-refractivity contribution in [2.75, 3.05) is 6.61 Å². The van der Waals surface area contributed by atoms with Gasteiger partial charge in [0, 0.05) is 29.1 Å². The molecule has 6 heteroatoms. The summed E-state index contributed by atoms with van der Waals surface area (Å²) in [7, 11) is 0. The lowest BCUT2D eigenvalue weighted by atomic mass is 9.79. The van der Waals surface area contributed by atoms with E-state index in [0.29, 0.717) is 6.61 Å². The maximum absolute atomic E-state index is 6.30. The van der Waals surface area contributed by atoms with E-state index in [0.717, 1.165) is 44.9 Å². The zero-order chi connectivity index (χ0) is 21.7. The highest BCUT2D eigenvalue weighted by molar-refractivity contribution is 5.79. The van der Waals surface area contributed by atoms with Crippen LogP contribution >= 0.6 is 0 Å². The van der Waals surface area contributed by atoms with Gasteiger partial charge in [0.25, 0.3) is 6.02 Å². The van der Waals surface area contributed by atoms with Crippen LogP contribution in [-0.2, 0) is 10.3 Å². The Morgan fingerprint density at radius 1 is 0.781 bits per heavy atom. The number of aliphatic imine (C=N–C) groups is 1. The SMILES string of the molecule is Cc1ccc(-c2ccc3c(c2)[C@]2(COC(N)=N2)c2cc(-c4cncnc4)ccc2O3)cc1. The lowest BCUT2D eigenvalue weighted by Gasteiger charge is -2.34. The second-order valence-electron chi connectivity index (χ2n) is 8.12. The summed E-state index contributed by atoms with van der Waals surface area (Å²) in [5, 5.41) is 0. The van der Waals surface area contributed by atoms with Crippen LogP contribution < -0.4 is 10.5 Å². The maximum atomic E-state index is 6.30. The van der Waals surface area contributed by atoms with Crippen molar-refractivity contribution in [3.8, 4) is 33.8 Å². The van der Waals surface area contributed by atoms with Crippen molar-refractivity contribution in [2.24, 2.45) is 10.7 Å². The number of amidine groups is 1. The highest BCUT2D eigenvalue weighted by atomic mass is 16.5. The molecule has 32 heavy (non-hydrogen) atoms. The molecule has 0 bridgehead atoms. The number of nitrogens with two attached hydrogens (primary N) is 1. The van der Waals surface area contributed by atoms with Crippen LogP contribution in [0.3, 0.4) is 0 Å². The Balaban J connectivity index is 1.54. The van der Waals surface area contributed by atoms with E-state index in [-0.39, 0.29) is 6.02 Å². The van der Waals surface area contributed by atoms with Crippen LogP contribution in [0.1, 0.15) is 16.7 Å². The van der Waals surface area contributed by atoms with Gasteiger partial charge in [0.05, 0.1) is 0 Å². The molecule has 0 saturated heterocycles. The monoisotopic (exact) mass is 420 g/mol. The van der Waals surface area contributed by atoms with Gasteiger partial charge in [-0.3, -0.25) is 0 Å². The summed E-state index contributed by atoms with van der Waals surface area (Å²) >= 11 is 0. The van der Waals surface area contributed by atoms with Crippen molar-refractivity contribution in [1.82, 2.24) is 9.97 Å². The van der Waals surface area contributed by atoms with Crippen LogP contribution in [0.15, 0.2) is 84.4 Å². The molecule has 1 spiro atoms. The Morgan fingerprint density at radius 3 is 1.97 bits per heavy atom. The zero-order valence-electron chi connectivity index (χ0n) is 17.4. The molecule has 2 N–H and O–H groups in total. The van der Waals surface area contributed by atoms with Gasteiger partial charge in [-0.2, -0.15) is 0 Å². The third-order valence-electron chi connectivity index (χ3n) is 6.08. The van der Waals surface area contributed by atoms with Crippen molar-refractivity contribution < 1.29 is 9.47 Å². The Hall–Kier alpha value is -4.19. The predicted molar refractivity (Wildman–Crippen MR) is 123 cm³/mol. The number of hydrogen-bond acceptors (Lipinski definition) is 6. The molecule has 3 aromatic carbocycles. The summed E-state index contributed by atoms with van der Waals surface area (Å²) in [6.45, 7) is 2.40. The number of aromatic nitrogens is 2. The van der Waals surface area contributed by atoms with E-state index in [1.54, 1.807) is 12.4 Å². The minimum absolute atomic E-state index is 0.179. The fourth-order valence-electron chi connectivity index (χ4n) is 4.41. The molecule has 2 aliphatic rings. The molecule has 0 amide bonds. The summed E-state index contributed by atoms with van der Waals surface area (Å²) < 4.78 is 12.0. The molecule has 6 nitrogen and oxygen atoms in total. The lowest BCUT2D eigenvalue weighted by molar-refractivity contribution is 0.264. The van der Waals surface area contributed by atoms with Crippen molar-refractivity contribution in [2.45, 2.75) is 12.5 Å². The van der Waals surface area contributed by atoms with Crippen LogP contribution in [0.4, 0.5) is 0 Å². The summed E-state index contributed by atoms with van der Waals surface area (Å²) in [4.78, 5) is 13.1. The van der Waals surface area contributed by atoms with Gasteiger partial charge < -0.3 is 15.2 Å². The molecule has 0 fully saturated rings. The quantitative estimate of drug-likeness (QED) is 0.503. The van der Waals surface area contributed by atoms with Gasteiger partial charge in [0.15, 0.2) is 5.54 Å². The van der Waals surface area contributed by atoms with E-state index in [1.807, 2.05) is 18.2 Å². The minimum Gasteiger partial charge on any atom is -0.462 e. The molecular weight excluding hydrogens is 400 g/mol. The van der Waals surface area contributed by atoms with Gasteiger partial charge in [0.1, 0.15) is 24.4 Å². The molecule has 0 unspecified atom stereocenters. The first-order valence-corrected chi connectivity index (χ1v) is 10.4. The summed E-state index contributed by atoms with van der Waals surface area (Å²) in [6.07, 6.45) is 5.10. The van der Waals surface area contributed by atoms with Gasteiger partial charge in [0.2, 0.25) is 0 Å². The highest BCUT2D eigenvalue weighted by Crippen LogP contribution is 2.52. The van der Waals surface area contributed by atoms with Gasteiger partial charge in [-0.1, -0.05) is 42.0 Å². The van der Waals surface area contributed by atoms with E-state index in [2.05, 4.69) is 59.4 Å². The number of aryl methyl sites for hydroxylation is 1. The number of rotatable bonds is 2. The van der Waals surface area contributed by atoms with Gasteiger partial charge in [-0.05, 0) is 47.9 Å². The lowest BCUT2D eigenvalue weighted by Crippen LogP contribution is -2.31. The van der Waals surface area contributed by atoms with E-state index < -0.39 is 5.54 Å². The first-order valence-electron chi connectivity index (χ1n) is 10.4. The Kier molecular flexibility index (Phi) is 4.01. The fraction of sp³-hybridized carbons (Fsp3) is 0.115. The molecule has 156 valence electrons. The smallest absolute Gasteiger partial charge is 0.283 e. The first-order chi connectivity index (χ1) is 15.6. The van der Waals surface area contributed by atoms with Crippen molar-refractivity contribution in [3.63, 3.8) is 0 Å². The molecule has 0 aliphatic carbocycles. The van der Waals surface area contributed by atoms with Crippen molar-refractivity contribution in [3.05, 3.63) is 96.1 Å². The average Bonchev–Trinajstić information content (AvgIpc) is 3.22. The third kappa shape index (κ3) is 2.84. The summed E-state index contributed by atoms with van der Waals surface area (Å²) in [5.74, 6) is 1.49. The molecule has 2 aliphatic heterocycles. The predicted octanol–water partition coefficient (Wildman–Crippen LogP) is 4.81. The Morgan fingerprint density at radius 2 is 1.38 bits per heavy atom. The second kappa shape index (κ2) is 6.92. The average molecular weight is 420 g/mol. The number of benzene rings is 3. The van der Waals surface area contributed by atoms with Crippen LogP contribution in [0.2, 0.25) is 0 Å². The van der Waals surface area contributed by atoms with Crippen LogP contribution in [-0.4, -0.2) is 22.6 Å². The first kappa shape index (κ1) is 18.6. The molecule has 1 aromatic heterocycles. The van der Waals surface area contributed by atoms with E-state index >= 15 is 0 Å². The Bertz CT molecular complexity index is 1370. The standard InChI is InChI=1S/C26H20N4O2/c1-16-2-4-17(5-3-16)18-6-8-23-21(10-18)26(14-31-25(27)30-26)22-11-19(7-9-24(22)32-23)20-12-28-15-29-13-20/h2-13,15H,14H2,1H3,(H2,27,30)/t26-/m1/s1. The number of fused-ring (bicyclic) bond motifs is 4. The molecule has 6 rings (SSSR count). The minimum atomic E-state index is -0.778. The van der Waals surface area contributed by atoms with E-state index in [1.165, 1.54) is 11.9 Å². The fourth-order valence-corrected chi connectivity index (χ4v) is 4.41. The number of nitrogens with zero attached hydrogens (tertiary/aromatic N) is 3. The molecule has 3 heterocycles. The molecule has 0 saturated carbocycles. The van der Waals surface area contributed by atoms with Gasteiger partial charge in [-0.25, -0.2) is 15.0 Å². The van der Waals surface area contributed by atoms with E-state index in [4.69, 9.17) is 20.2 Å². The van der Waals surface area contributed by atoms with Crippen LogP contribution in [0.25, 0.3) is 22.3 Å². The topological polar surface area (TPSA) is 82.6 Å². The Labute approximate surface area is 185 Å². The van der Waals surface area contributed by atoms with Gasteiger partial charge >= 0.3 is 0 Å². The third-order valence-corrected chi connectivity index (χ3v) is 6.08. The largest absolute Gasteiger partial charge is 0.462 e. The number of hydrogen-bond donors (Lipinski definition) is 1. The molecule has 0 radical (unpaired) electrons. The zero-order valence-corrected chi connectivity index (χ0v) is 17.4. The maximum Gasteiger partial charge on any atom is 0.283 e. The van der Waals surface area contributed by atoms with Crippen molar-refractivity contribution >= 4 is 6.02 Å². The van der Waals surface area contributed by atoms with E-state index in [9.17, 15) is 0 Å². The number of ether oxygens (including phenoxy) is 2. The summed E-state index contributed by atoms with van der Waals surface area (Å²) in [6, 6.07) is 20.9. The highest BCUT2D eigenvalue weighted by Gasteiger charge is 2.47. The molecule has 1 atom stereocenters. The molecule has 4 aromatic rings. The molecular formula is C26H20N4O2. The van der Waals surface area contributed by atoms with Gasteiger partial charge in [-0.15, -0.1) is 0 Å².